The fraction of sp³-hybridized carbons (Fsp3) is 1.00. The Labute approximate surface area is 92.2 Å². The van der Waals surface area contributed by atoms with Crippen molar-refractivity contribution in [1.82, 2.24) is 5.32 Å². The van der Waals surface area contributed by atoms with Crippen molar-refractivity contribution in [2.24, 2.45) is 0 Å². The molecule has 0 aromatic carbocycles. The van der Waals surface area contributed by atoms with Crippen LogP contribution in [0, 0.1) is 0 Å². The van der Waals surface area contributed by atoms with Crippen LogP contribution in [0.1, 0.15) is 44.9 Å². The van der Waals surface area contributed by atoms with Crippen LogP contribution in [0.3, 0.4) is 0 Å². The zero-order valence-corrected chi connectivity index (χ0v) is 9.50. The minimum Gasteiger partial charge on any atom is -0.389 e. The first-order chi connectivity index (χ1) is 7.29. The Morgan fingerprint density at radius 3 is 2.53 bits per heavy atom. The van der Waals surface area contributed by atoms with Gasteiger partial charge in [-0.25, -0.2) is 0 Å². The first-order valence-electron chi connectivity index (χ1n) is 6.32. The fourth-order valence-electron chi connectivity index (χ4n) is 2.59. The lowest BCUT2D eigenvalue weighted by Gasteiger charge is -2.28. The molecule has 1 saturated heterocycles. The van der Waals surface area contributed by atoms with Crippen molar-refractivity contribution in [2.75, 3.05) is 19.8 Å². The normalized spacial score (nSPS) is 31.4. The van der Waals surface area contributed by atoms with Crippen molar-refractivity contribution in [3.63, 3.8) is 0 Å². The van der Waals surface area contributed by atoms with E-state index in [0.717, 1.165) is 39.0 Å². The summed E-state index contributed by atoms with van der Waals surface area (Å²) < 4.78 is 5.31. The molecule has 88 valence electrons. The molecule has 0 spiro atoms. The molecule has 1 aliphatic carbocycles. The van der Waals surface area contributed by atoms with Gasteiger partial charge in [0.15, 0.2) is 0 Å². The van der Waals surface area contributed by atoms with Gasteiger partial charge in [-0.3, -0.25) is 0 Å². The summed E-state index contributed by atoms with van der Waals surface area (Å²) >= 11 is 0. The van der Waals surface area contributed by atoms with E-state index in [9.17, 15) is 5.11 Å². The maximum Gasteiger partial charge on any atom is 0.0771 e. The maximum absolute atomic E-state index is 10.4. The van der Waals surface area contributed by atoms with E-state index in [2.05, 4.69) is 5.32 Å². The molecule has 1 aliphatic heterocycles. The zero-order chi connectivity index (χ0) is 10.6. The van der Waals surface area contributed by atoms with Gasteiger partial charge in [0.1, 0.15) is 0 Å². The van der Waals surface area contributed by atoms with Crippen LogP contribution in [0.25, 0.3) is 0 Å². The molecule has 3 nitrogen and oxygen atoms in total. The Morgan fingerprint density at radius 1 is 1.20 bits per heavy atom. The highest BCUT2D eigenvalue weighted by Crippen LogP contribution is 2.26. The second-order valence-electron chi connectivity index (χ2n) is 5.08. The van der Waals surface area contributed by atoms with Gasteiger partial charge in [0.05, 0.1) is 12.2 Å². The fourth-order valence-corrected chi connectivity index (χ4v) is 2.59. The minimum atomic E-state index is -0.445. The molecule has 1 saturated carbocycles. The van der Waals surface area contributed by atoms with Crippen LogP contribution in [0.15, 0.2) is 0 Å². The second-order valence-corrected chi connectivity index (χ2v) is 5.08. The molecule has 0 amide bonds. The molecule has 2 rings (SSSR count). The molecular weight excluding hydrogens is 190 g/mol. The van der Waals surface area contributed by atoms with E-state index in [1.54, 1.807) is 0 Å². The van der Waals surface area contributed by atoms with Crippen LogP contribution in [0.4, 0.5) is 0 Å². The summed E-state index contributed by atoms with van der Waals surface area (Å²) in [6.07, 6.45) is 7.96. The summed E-state index contributed by atoms with van der Waals surface area (Å²) in [6.45, 7) is 2.44. The molecule has 1 heterocycles. The number of nitrogens with one attached hydrogen (secondary N) is 1. The van der Waals surface area contributed by atoms with E-state index < -0.39 is 5.60 Å². The highest BCUT2D eigenvalue weighted by molar-refractivity contribution is 4.85. The molecule has 1 unspecified atom stereocenters. The van der Waals surface area contributed by atoms with Crippen LogP contribution in [-0.2, 0) is 4.74 Å². The summed E-state index contributed by atoms with van der Waals surface area (Å²) in [5.41, 5.74) is -0.445. The van der Waals surface area contributed by atoms with Crippen molar-refractivity contribution in [3.05, 3.63) is 0 Å². The van der Waals surface area contributed by atoms with Gasteiger partial charge in [-0.05, 0) is 19.3 Å². The van der Waals surface area contributed by atoms with E-state index in [1.807, 2.05) is 0 Å². The molecule has 2 aliphatic rings. The average Bonchev–Trinajstić information content (AvgIpc) is 2.65. The van der Waals surface area contributed by atoms with E-state index in [-0.39, 0.29) is 0 Å². The predicted molar refractivity (Wildman–Crippen MR) is 59.9 cm³/mol. The van der Waals surface area contributed by atoms with E-state index in [0.29, 0.717) is 6.04 Å². The smallest absolute Gasteiger partial charge is 0.0771 e. The topological polar surface area (TPSA) is 41.5 Å². The van der Waals surface area contributed by atoms with Gasteiger partial charge < -0.3 is 15.2 Å². The summed E-state index contributed by atoms with van der Waals surface area (Å²) in [4.78, 5) is 0. The van der Waals surface area contributed by atoms with Crippen molar-refractivity contribution in [2.45, 2.75) is 56.6 Å². The molecule has 1 atom stereocenters. The van der Waals surface area contributed by atoms with Gasteiger partial charge in [-0.1, -0.05) is 25.7 Å². The lowest BCUT2D eigenvalue weighted by atomic mass is 9.94. The van der Waals surface area contributed by atoms with Gasteiger partial charge in [-0.2, -0.15) is 0 Å². The Balaban J connectivity index is 1.75. The first kappa shape index (κ1) is 11.4. The van der Waals surface area contributed by atoms with Crippen LogP contribution in [0.5, 0.6) is 0 Å². The Morgan fingerprint density at radius 2 is 1.93 bits per heavy atom. The molecule has 0 aromatic heterocycles. The van der Waals surface area contributed by atoms with Gasteiger partial charge in [0.25, 0.3) is 0 Å². The highest BCUT2D eigenvalue weighted by Gasteiger charge is 2.29. The number of ether oxygens (including phenoxy) is 1. The highest BCUT2D eigenvalue weighted by atomic mass is 16.5. The summed E-state index contributed by atoms with van der Waals surface area (Å²) in [5.74, 6) is 0. The lowest BCUT2D eigenvalue weighted by Crippen LogP contribution is -2.44. The summed E-state index contributed by atoms with van der Waals surface area (Å²) in [7, 11) is 0. The molecule has 2 N–H and O–H groups in total. The molecular formula is C12H23NO2. The molecule has 2 fully saturated rings. The number of hydrogen-bond donors (Lipinski definition) is 2. The standard InChI is InChI=1S/C12H23NO2/c14-12(6-3-1-2-4-7-12)10-13-11-5-8-15-9-11/h11,13-14H,1-10H2. The minimum absolute atomic E-state index is 0.445. The van der Waals surface area contributed by atoms with Crippen LogP contribution in [0.2, 0.25) is 0 Å². The Kier molecular flexibility index (Phi) is 4.00. The summed E-state index contributed by atoms with van der Waals surface area (Å²) in [5, 5.41) is 13.9. The van der Waals surface area contributed by atoms with E-state index in [1.165, 1.54) is 25.7 Å². The molecule has 15 heavy (non-hydrogen) atoms. The molecule has 0 radical (unpaired) electrons. The third-order valence-electron chi connectivity index (χ3n) is 3.68. The first-order valence-corrected chi connectivity index (χ1v) is 6.32. The number of hydrogen-bond acceptors (Lipinski definition) is 3. The van der Waals surface area contributed by atoms with Crippen molar-refractivity contribution in [3.8, 4) is 0 Å². The zero-order valence-electron chi connectivity index (χ0n) is 9.50. The van der Waals surface area contributed by atoms with Gasteiger partial charge >= 0.3 is 0 Å². The van der Waals surface area contributed by atoms with Gasteiger partial charge in [0, 0.05) is 19.2 Å². The Hall–Kier alpha value is -0.120. The van der Waals surface area contributed by atoms with Crippen LogP contribution < -0.4 is 5.32 Å². The second kappa shape index (κ2) is 5.28. The Bertz CT molecular complexity index is 182. The molecule has 0 bridgehead atoms. The van der Waals surface area contributed by atoms with Crippen molar-refractivity contribution in [1.29, 1.82) is 0 Å². The monoisotopic (exact) mass is 213 g/mol. The lowest BCUT2D eigenvalue weighted by molar-refractivity contribution is 0.0224. The van der Waals surface area contributed by atoms with Crippen LogP contribution in [-0.4, -0.2) is 36.5 Å². The number of rotatable bonds is 3. The van der Waals surface area contributed by atoms with Gasteiger partial charge in [0.2, 0.25) is 0 Å². The van der Waals surface area contributed by atoms with Crippen molar-refractivity contribution < 1.29 is 9.84 Å². The third kappa shape index (κ3) is 3.44. The number of aliphatic hydroxyl groups is 1. The SMILES string of the molecule is OC1(CNC2CCOC2)CCCCCC1. The van der Waals surface area contributed by atoms with E-state index in [4.69, 9.17) is 4.74 Å². The third-order valence-corrected chi connectivity index (χ3v) is 3.68. The molecule has 0 aromatic rings. The van der Waals surface area contributed by atoms with Gasteiger partial charge in [-0.15, -0.1) is 0 Å². The van der Waals surface area contributed by atoms with Crippen LogP contribution >= 0.6 is 0 Å². The maximum atomic E-state index is 10.4. The summed E-state index contributed by atoms with van der Waals surface area (Å²) in [6, 6.07) is 0.470. The molecule has 3 heteroatoms. The van der Waals surface area contributed by atoms with E-state index >= 15 is 0 Å². The largest absolute Gasteiger partial charge is 0.389 e. The average molecular weight is 213 g/mol. The quantitative estimate of drug-likeness (QED) is 0.697. The van der Waals surface area contributed by atoms with Crippen molar-refractivity contribution >= 4 is 0 Å². The predicted octanol–water partition coefficient (Wildman–Crippen LogP) is 1.45.